The monoisotopic (exact) mass is 408 g/mol. The summed E-state index contributed by atoms with van der Waals surface area (Å²) in [7, 11) is 0. The molecule has 0 unspecified atom stereocenters. The minimum atomic E-state index is -0.675. The molecule has 0 aliphatic heterocycles. The average Bonchev–Trinajstić information content (AvgIpc) is 3.06. The lowest BCUT2D eigenvalue weighted by Gasteiger charge is -2.27. The molecule has 0 aliphatic carbocycles. The molecule has 148 valence electrons. The summed E-state index contributed by atoms with van der Waals surface area (Å²) in [5.74, 6) is 0. The van der Waals surface area contributed by atoms with E-state index in [-0.39, 0.29) is 6.54 Å². The third-order valence-corrected chi connectivity index (χ3v) is 4.35. The second kappa shape index (κ2) is 8.38. The fourth-order valence-corrected chi connectivity index (χ4v) is 3.03. The van der Waals surface area contributed by atoms with E-state index >= 15 is 0 Å². The van der Waals surface area contributed by atoms with Gasteiger partial charge in [-0.2, -0.15) is 10.4 Å². The first-order chi connectivity index (χ1) is 13.8. The second-order valence-electron chi connectivity index (χ2n) is 7.45. The van der Waals surface area contributed by atoms with Crippen LogP contribution in [-0.2, 0) is 11.3 Å². The molecular formula is C22H21ClN4O2. The van der Waals surface area contributed by atoms with E-state index in [0.717, 1.165) is 11.3 Å². The number of nitrogens with zero attached hydrogens (tertiary/aromatic N) is 4. The molecule has 0 saturated heterocycles. The zero-order chi connectivity index (χ0) is 21.0. The predicted molar refractivity (Wildman–Crippen MR) is 112 cm³/mol. The highest BCUT2D eigenvalue weighted by atomic mass is 35.5. The van der Waals surface area contributed by atoms with Crippen LogP contribution < -0.4 is 4.90 Å². The molecule has 0 N–H and O–H groups in total. The number of amides is 1. The van der Waals surface area contributed by atoms with E-state index in [4.69, 9.17) is 21.6 Å². The molecule has 0 fully saturated rings. The molecule has 0 atom stereocenters. The van der Waals surface area contributed by atoms with Crippen LogP contribution in [0.15, 0.2) is 60.8 Å². The van der Waals surface area contributed by atoms with E-state index in [1.54, 1.807) is 43.7 Å². The predicted octanol–water partition coefficient (Wildman–Crippen LogP) is 5.34. The summed E-state index contributed by atoms with van der Waals surface area (Å²) in [6, 6.07) is 18.6. The molecule has 0 radical (unpaired) electrons. The molecule has 0 spiro atoms. The number of nitriles is 1. The fraction of sp³-hybridized carbons (Fsp3) is 0.227. The summed E-state index contributed by atoms with van der Waals surface area (Å²) < 4.78 is 7.13. The highest BCUT2D eigenvalue weighted by molar-refractivity contribution is 6.33. The highest BCUT2D eigenvalue weighted by Gasteiger charge is 2.27. The zero-order valence-corrected chi connectivity index (χ0v) is 17.2. The quantitative estimate of drug-likeness (QED) is 0.584. The van der Waals surface area contributed by atoms with Crippen molar-refractivity contribution < 1.29 is 9.53 Å². The molecule has 0 bridgehead atoms. The van der Waals surface area contributed by atoms with Crippen LogP contribution in [0.25, 0.3) is 5.69 Å². The molecule has 1 heterocycles. The van der Waals surface area contributed by atoms with Gasteiger partial charge in [-0.05, 0) is 50.6 Å². The van der Waals surface area contributed by atoms with Crippen molar-refractivity contribution in [3.05, 3.63) is 77.1 Å². The maximum atomic E-state index is 13.0. The van der Waals surface area contributed by atoms with Gasteiger partial charge in [0.05, 0.1) is 30.1 Å². The lowest BCUT2D eigenvalue weighted by Crippen LogP contribution is -2.36. The summed E-state index contributed by atoms with van der Waals surface area (Å²) >= 11 is 6.59. The summed E-state index contributed by atoms with van der Waals surface area (Å²) in [5.41, 5.74) is 1.81. The Balaban J connectivity index is 2.00. The molecule has 0 aliphatic rings. The van der Waals surface area contributed by atoms with Crippen LogP contribution in [-0.4, -0.2) is 21.5 Å². The van der Waals surface area contributed by atoms with Gasteiger partial charge in [0, 0.05) is 0 Å². The van der Waals surface area contributed by atoms with Crippen molar-refractivity contribution in [3.8, 4) is 11.8 Å². The molecule has 2 aromatic carbocycles. The molecular weight excluding hydrogens is 388 g/mol. The lowest BCUT2D eigenvalue weighted by molar-refractivity contribution is 0.0577. The summed E-state index contributed by atoms with van der Waals surface area (Å²) in [6.45, 7) is 5.59. The van der Waals surface area contributed by atoms with E-state index in [0.29, 0.717) is 16.4 Å². The normalized spacial score (nSPS) is 11.0. The first-order valence-corrected chi connectivity index (χ1v) is 9.45. The van der Waals surface area contributed by atoms with Gasteiger partial charge in [-0.3, -0.25) is 4.90 Å². The van der Waals surface area contributed by atoms with Gasteiger partial charge < -0.3 is 4.74 Å². The van der Waals surface area contributed by atoms with Gasteiger partial charge in [0.25, 0.3) is 0 Å². The Labute approximate surface area is 174 Å². The third-order valence-electron chi connectivity index (χ3n) is 4.00. The third kappa shape index (κ3) is 4.95. The van der Waals surface area contributed by atoms with Gasteiger partial charge in [-0.15, -0.1) is 0 Å². The van der Waals surface area contributed by atoms with Gasteiger partial charge in [0.15, 0.2) is 5.15 Å². The second-order valence-corrected chi connectivity index (χ2v) is 7.80. The number of anilines is 1. The van der Waals surface area contributed by atoms with Crippen molar-refractivity contribution >= 4 is 23.4 Å². The van der Waals surface area contributed by atoms with Crippen LogP contribution in [0.3, 0.4) is 0 Å². The Hall–Kier alpha value is -3.30. The number of para-hydroxylation sites is 1. The first kappa shape index (κ1) is 20.4. The minimum Gasteiger partial charge on any atom is -0.443 e. The SMILES string of the molecule is CC(C)(C)OC(=O)N(Cc1cccc(C#N)c1)c1cnn(-c2ccccc2)c1Cl. The van der Waals surface area contributed by atoms with Crippen LogP contribution in [0.5, 0.6) is 0 Å². The van der Waals surface area contributed by atoms with Gasteiger partial charge >= 0.3 is 6.09 Å². The van der Waals surface area contributed by atoms with Crippen molar-refractivity contribution in [2.24, 2.45) is 0 Å². The molecule has 29 heavy (non-hydrogen) atoms. The molecule has 7 heteroatoms. The number of benzene rings is 2. The largest absolute Gasteiger partial charge is 0.443 e. The molecule has 6 nitrogen and oxygen atoms in total. The lowest BCUT2D eigenvalue weighted by atomic mass is 10.1. The number of carbonyl (C=O) groups excluding carboxylic acids is 1. The maximum absolute atomic E-state index is 13.0. The van der Waals surface area contributed by atoms with Gasteiger partial charge in [-0.1, -0.05) is 41.9 Å². The van der Waals surface area contributed by atoms with E-state index in [9.17, 15) is 4.79 Å². The molecule has 3 rings (SSSR count). The minimum absolute atomic E-state index is 0.185. The molecule has 3 aromatic rings. The van der Waals surface area contributed by atoms with Crippen molar-refractivity contribution in [1.29, 1.82) is 5.26 Å². The maximum Gasteiger partial charge on any atom is 0.415 e. The van der Waals surface area contributed by atoms with Gasteiger partial charge in [-0.25, -0.2) is 9.48 Å². The van der Waals surface area contributed by atoms with Crippen LogP contribution in [0, 0.1) is 11.3 Å². The number of halogens is 1. The zero-order valence-electron chi connectivity index (χ0n) is 16.5. The first-order valence-electron chi connectivity index (χ1n) is 9.07. The summed E-state index contributed by atoms with van der Waals surface area (Å²) in [6.07, 6.45) is 0.988. The fourth-order valence-electron chi connectivity index (χ4n) is 2.74. The van der Waals surface area contributed by atoms with E-state index in [1.807, 2.05) is 36.4 Å². The average molecular weight is 409 g/mol. The van der Waals surface area contributed by atoms with Crippen molar-refractivity contribution in [1.82, 2.24) is 9.78 Å². The van der Waals surface area contributed by atoms with Crippen molar-refractivity contribution in [2.45, 2.75) is 32.9 Å². The topological polar surface area (TPSA) is 71.2 Å². The van der Waals surface area contributed by atoms with Crippen LogP contribution in [0.1, 0.15) is 31.9 Å². The van der Waals surface area contributed by atoms with Gasteiger partial charge in [0.2, 0.25) is 0 Å². The number of ether oxygens (including phenoxy) is 1. The summed E-state index contributed by atoms with van der Waals surface area (Å²) in [5, 5.41) is 13.8. The Morgan fingerprint density at radius 3 is 2.59 bits per heavy atom. The van der Waals surface area contributed by atoms with E-state index < -0.39 is 11.7 Å². The van der Waals surface area contributed by atoms with E-state index in [2.05, 4.69) is 11.2 Å². The smallest absolute Gasteiger partial charge is 0.415 e. The van der Waals surface area contributed by atoms with Crippen LogP contribution in [0.4, 0.5) is 10.5 Å². The Morgan fingerprint density at radius 2 is 1.93 bits per heavy atom. The number of aromatic nitrogens is 2. The number of hydrogen-bond donors (Lipinski definition) is 0. The van der Waals surface area contributed by atoms with Crippen molar-refractivity contribution in [3.63, 3.8) is 0 Å². The Morgan fingerprint density at radius 1 is 1.21 bits per heavy atom. The Kier molecular flexibility index (Phi) is 5.90. The van der Waals surface area contributed by atoms with Gasteiger partial charge in [0.1, 0.15) is 11.3 Å². The number of rotatable bonds is 4. The standard InChI is InChI=1S/C22H21ClN4O2/c1-22(2,3)29-21(28)26(15-17-9-7-8-16(12-17)13-24)19-14-25-27(20(19)23)18-10-5-4-6-11-18/h4-12,14H,15H2,1-3H3. The molecule has 1 amide bonds. The van der Waals surface area contributed by atoms with Crippen LogP contribution >= 0.6 is 11.6 Å². The number of carbonyl (C=O) groups is 1. The molecule has 1 aromatic heterocycles. The van der Waals surface area contributed by atoms with Crippen molar-refractivity contribution in [2.75, 3.05) is 4.90 Å². The number of hydrogen-bond acceptors (Lipinski definition) is 4. The molecule has 0 saturated carbocycles. The summed E-state index contributed by atoms with van der Waals surface area (Å²) in [4.78, 5) is 14.4. The van der Waals surface area contributed by atoms with Crippen LogP contribution in [0.2, 0.25) is 5.15 Å². The Bertz CT molecular complexity index is 1050. The highest BCUT2D eigenvalue weighted by Crippen LogP contribution is 2.30. The van der Waals surface area contributed by atoms with E-state index in [1.165, 1.54) is 11.1 Å².